The Labute approximate surface area is 163 Å². The molecular weight excluding hydrogens is 380 g/mol. The minimum Gasteiger partial charge on any atom is -0.282 e. The number of fused-ring (bicyclic) bond motifs is 1. The average Bonchev–Trinajstić information content (AvgIpc) is 2.71. The molecule has 7 heteroatoms. The lowest BCUT2D eigenvalue weighted by Crippen LogP contribution is -2.24. The molecule has 0 saturated carbocycles. The minimum atomic E-state index is -0.331. The molecule has 28 heavy (non-hydrogen) atoms. The van der Waals surface area contributed by atoms with Crippen LogP contribution in [0.25, 0.3) is 11.0 Å². The van der Waals surface area contributed by atoms with Crippen LogP contribution in [0.1, 0.15) is 11.1 Å². The third-order valence-corrected chi connectivity index (χ3v) is 5.28. The topological polar surface area (TPSA) is 47.8 Å². The second-order valence-corrected chi connectivity index (χ2v) is 7.14. The predicted molar refractivity (Wildman–Crippen MR) is 105 cm³/mol. The van der Waals surface area contributed by atoms with Gasteiger partial charge in [0, 0.05) is 11.9 Å². The Kier molecular flexibility index (Phi) is 5.16. The number of hydrogen-bond acceptors (Lipinski definition) is 4. The van der Waals surface area contributed by atoms with Crippen molar-refractivity contribution in [2.24, 2.45) is 0 Å². The highest BCUT2D eigenvalue weighted by atomic mass is 32.2. The van der Waals surface area contributed by atoms with E-state index in [0.29, 0.717) is 21.9 Å². The zero-order valence-corrected chi connectivity index (χ0v) is 15.5. The molecule has 0 atom stereocenters. The molecule has 140 valence electrons. The van der Waals surface area contributed by atoms with E-state index in [1.165, 1.54) is 36.0 Å². The monoisotopic (exact) mass is 395 g/mol. The van der Waals surface area contributed by atoms with Gasteiger partial charge in [-0.3, -0.25) is 9.36 Å². The van der Waals surface area contributed by atoms with Gasteiger partial charge >= 0.3 is 0 Å². The first-order chi connectivity index (χ1) is 13.6. The van der Waals surface area contributed by atoms with Gasteiger partial charge in [0.1, 0.15) is 11.6 Å². The standard InChI is InChI=1S/C21H15F2N3OS/c22-16-7-3-14(4-8-16)12-26-20(27)18-2-1-11-24-19(18)25-21(26)28-13-15-5-9-17(23)10-6-15/h1-11H,12-13H2. The van der Waals surface area contributed by atoms with Crippen LogP contribution in [0.5, 0.6) is 0 Å². The number of thioether (sulfide) groups is 1. The Bertz CT molecular complexity index is 1180. The van der Waals surface area contributed by atoms with Gasteiger partial charge in [-0.2, -0.15) is 0 Å². The van der Waals surface area contributed by atoms with Gasteiger partial charge < -0.3 is 0 Å². The number of pyridine rings is 1. The summed E-state index contributed by atoms with van der Waals surface area (Å²) in [6.07, 6.45) is 1.59. The van der Waals surface area contributed by atoms with Gasteiger partial charge in [0.05, 0.1) is 11.9 Å². The Morgan fingerprint density at radius 2 is 1.54 bits per heavy atom. The molecule has 4 nitrogen and oxygen atoms in total. The SMILES string of the molecule is O=c1c2cccnc2nc(SCc2ccc(F)cc2)n1Cc1ccc(F)cc1. The summed E-state index contributed by atoms with van der Waals surface area (Å²) in [5, 5.41) is 0.931. The van der Waals surface area contributed by atoms with Gasteiger partial charge in [-0.25, -0.2) is 18.7 Å². The van der Waals surface area contributed by atoms with Crippen LogP contribution in [0.3, 0.4) is 0 Å². The Morgan fingerprint density at radius 3 is 2.21 bits per heavy atom. The average molecular weight is 395 g/mol. The zero-order valence-electron chi connectivity index (χ0n) is 14.7. The van der Waals surface area contributed by atoms with E-state index >= 15 is 0 Å². The lowest BCUT2D eigenvalue weighted by atomic mass is 10.2. The smallest absolute Gasteiger partial charge is 0.263 e. The molecule has 0 fully saturated rings. The van der Waals surface area contributed by atoms with Crippen LogP contribution in [0.2, 0.25) is 0 Å². The Hall–Kier alpha value is -3.06. The molecule has 0 amide bonds. The van der Waals surface area contributed by atoms with Crippen molar-refractivity contribution in [2.75, 3.05) is 0 Å². The lowest BCUT2D eigenvalue weighted by Gasteiger charge is -2.13. The zero-order chi connectivity index (χ0) is 19.5. The Balaban J connectivity index is 1.73. The number of rotatable bonds is 5. The van der Waals surface area contributed by atoms with Crippen molar-refractivity contribution in [3.8, 4) is 0 Å². The van der Waals surface area contributed by atoms with E-state index in [1.54, 1.807) is 47.2 Å². The van der Waals surface area contributed by atoms with E-state index < -0.39 is 0 Å². The van der Waals surface area contributed by atoms with E-state index in [2.05, 4.69) is 9.97 Å². The van der Waals surface area contributed by atoms with Gasteiger partial charge in [0.2, 0.25) is 0 Å². The van der Waals surface area contributed by atoms with Crippen molar-refractivity contribution in [3.05, 3.63) is 100.0 Å². The fraction of sp³-hybridized carbons (Fsp3) is 0.0952. The third-order valence-electron chi connectivity index (χ3n) is 4.23. The van der Waals surface area contributed by atoms with Crippen LogP contribution in [-0.4, -0.2) is 14.5 Å². The molecule has 0 aliphatic rings. The molecule has 0 bridgehead atoms. The maximum absolute atomic E-state index is 13.2. The summed E-state index contributed by atoms with van der Waals surface area (Å²) in [6, 6.07) is 15.6. The van der Waals surface area contributed by atoms with Crippen LogP contribution in [0, 0.1) is 11.6 Å². The largest absolute Gasteiger partial charge is 0.282 e. The fourth-order valence-corrected chi connectivity index (χ4v) is 3.73. The molecule has 2 heterocycles. The summed E-state index contributed by atoms with van der Waals surface area (Å²) in [7, 11) is 0. The van der Waals surface area contributed by atoms with Crippen molar-refractivity contribution < 1.29 is 8.78 Å². The van der Waals surface area contributed by atoms with E-state index in [-0.39, 0.29) is 23.7 Å². The molecule has 0 radical (unpaired) electrons. The van der Waals surface area contributed by atoms with Crippen molar-refractivity contribution >= 4 is 22.8 Å². The summed E-state index contributed by atoms with van der Waals surface area (Å²) >= 11 is 1.37. The minimum absolute atomic E-state index is 0.205. The summed E-state index contributed by atoms with van der Waals surface area (Å²) in [5.74, 6) is -0.105. The van der Waals surface area contributed by atoms with Crippen molar-refractivity contribution in [1.29, 1.82) is 0 Å². The van der Waals surface area contributed by atoms with Gasteiger partial charge in [0.15, 0.2) is 10.8 Å². The second kappa shape index (κ2) is 7.90. The molecule has 2 aromatic carbocycles. The lowest BCUT2D eigenvalue weighted by molar-refractivity contribution is 0.622. The molecule has 2 aromatic heterocycles. The second-order valence-electron chi connectivity index (χ2n) is 6.20. The summed E-state index contributed by atoms with van der Waals surface area (Å²) in [4.78, 5) is 21.8. The van der Waals surface area contributed by atoms with Crippen LogP contribution in [0.4, 0.5) is 8.78 Å². The molecular formula is C21H15F2N3OS. The maximum Gasteiger partial charge on any atom is 0.263 e. The number of hydrogen-bond donors (Lipinski definition) is 0. The van der Waals surface area contributed by atoms with Gasteiger partial charge in [-0.15, -0.1) is 0 Å². The van der Waals surface area contributed by atoms with Gasteiger partial charge in [-0.05, 0) is 47.5 Å². The van der Waals surface area contributed by atoms with Crippen LogP contribution < -0.4 is 5.56 Å². The molecule has 0 N–H and O–H groups in total. The van der Waals surface area contributed by atoms with E-state index in [1.807, 2.05) is 0 Å². The molecule has 0 saturated heterocycles. The van der Waals surface area contributed by atoms with Crippen molar-refractivity contribution in [1.82, 2.24) is 14.5 Å². The van der Waals surface area contributed by atoms with Crippen LogP contribution >= 0.6 is 11.8 Å². The molecule has 4 aromatic rings. The number of halogens is 2. The first-order valence-electron chi connectivity index (χ1n) is 8.57. The van der Waals surface area contributed by atoms with E-state index in [4.69, 9.17) is 0 Å². The van der Waals surface area contributed by atoms with Crippen molar-refractivity contribution in [3.63, 3.8) is 0 Å². The molecule has 0 aliphatic carbocycles. The van der Waals surface area contributed by atoms with Crippen molar-refractivity contribution in [2.45, 2.75) is 17.5 Å². The van der Waals surface area contributed by atoms with E-state index in [9.17, 15) is 13.6 Å². The van der Waals surface area contributed by atoms with E-state index in [0.717, 1.165) is 11.1 Å². The van der Waals surface area contributed by atoms with Gasteiger partial charge in [0.25, 0.3) is 5.56 Å². The maximum atomic E-state index is 13.2. The summed E-state index contributed by atoms with van der Waals surface area (Å²) < 4.78 is 27.9. The number of benzene rings is 2. The molecule has 0 unspecified atom stereocenters. The number of aromatic nitrogens is 3. The number of nitrogens with zero attached hydrogens (tertiary/aromatic N) is 3. The molecule has 0 aliphatic heterocycles. The van der Waals surface area contributed by atoms with Gasteiger partial charge in [-0.1, -0.05) is 36.0 Å². The predicted octanol–water partition coefficient (Wildman–Crippen LogP) is 4.41. The highest BCUT2D eigenvalue weighted by molar-refractivity contribution is 7.98. The normalized spacial score (nSPS) is 11.1. The quantitative estimate of drug-likeness (QED) is 0.371. The van der Waals surface area contributed by atoms with Crippen LogP contribution in [-0.2, 0) is 12.3 Å². The van der Waals surface area contributed by atoms with Crippen LogP contribution in [0.15, 0.2) is 76.8 Å². The summed E-state index contributed by atoms with van der Waals surface area (Å²) in [5.41, 5.74) is 1.88. The summed E-state index contributed by atoms with van der Waals surface area (Å²) in [6.45, 7) is 0.267. The third kappa shape index (κ3) is 3.94. The first-order valence-corrected chi connectivity index (χ1v) is 9.56. The fourth-order valence-electron chi connectivity index (χ4n) is 2.79. The Morgan fingerprint density at radius 1 is 0.893 bits per heavy atom. The highest BCUT2D eigenvalue weighted by Crippen LogP contribution is 2.22. The molecule has 0 spiro atoms. The highest BCUT2D eigenvalue weighted by Gasteiger charge is 2.13. The first kappa shape index (κ1) is 18.3. The molecule has 4 rings (SSSR count).